The second kappa shape index (κ2) is 9.18. The topological polar surface area (TPSA) is 77.2 Å². The summed E-state index contributed by atoms with van der Waals surface area (Å²) in [7, 11) is 0. The summed E-state index contributed by atoms with van der Waals surface area (Å²) >= 11 is 0. The number of nitrogens with one attached hydrogen (secondary N) is 1. The van der Waals surface area contributed by atoms with Gasteiger partial charge in [0.1, 0.15) is 12.4 Å². The second-order valence-corrected chi connectivity index (χ2v) is 6.66. The number of amides is 1. The Labute approximate surface area is 149 Å². The van der Waals surface area contributed by atoms with E-state index >= 15 is 0 Å². The lowest BCUT2D eigenvalue weighted by atomic mass is 10.0. The van der Waals surface area contributed by atoms with Gasteiger partial charge in [-0.3, -0.25) is 9.78 Å². The first kappa shape index (κ1) is 18.9. The molecule has 3 N–H and O–H groups in total. The molecule has 25 heavy (non-hydrogen) atoms. The van der Waals surface area contributed by atoms with Gasteiger partial charge in [-0.15, -0.1) is 0 Å². The molecule has 1 aromatic heterocycles. The number of nitrogens with zero attached hydrogens (tertiary/aromatic N) is 1. The summed E-state index contributed by atoms with van der Waals surface area (Å²) in [6, 6.07) is 11.2. The Hall–Kier alpha value is -2.40. The number of pyridine rings is 1. The molecule has 0 saturated heterocycles. The molecule has 0 aliphatic carbocycles. The van der Waals surface area contributed by atoms with E-state index in [1.54, 1.807) is 12.3 Å². The molecule has 2 rings (SSSR count). The van der Waals surface area contributed by atoms with E-state index in [1.807, 2.05) is 37.3 Å². The minimum absolute atomic E-state index is 0.00830. The first-order chi connectivity index (χ1) is 12.0. The van der Waals surface area contributed by atoms with Crippen LogP contribution in [0.5, 0.6) is 5.75 Å². The van der Waals surface area contributed by atoms with Gasteiger partial charge in [-0.25, -0.2) is 0 Å². The van der Waals surface area contributed by atoms with Crippen molar-refractivity contribution >= 4 is 5.91 Å². The average Bonchev–Trinajstić information content (AvgIpc) is 2.60. The van der Waals surface area contributed by atoms with Crippen LogP contribution in [0.4, 0.5) is 0 Å². The maximum atomic E-state index is 12.4. The van der Waals surface area contributed by atoms with E-state index in [1.165, 1.54) is 0 Å². The first-order valence-corrected chi connectivity index (χ1v) is 8.63. The van der Waals surface area contributed by atoms with E-state index in [-0.39, 0.29) is 11.9 Å². The Bertz CT molecular complexity index is 684. The van der Waals surface area contributed by atoms with Crippen LogP contribution in [0.25, 0.3) is 0 Å². The lowest BCUT2D eigenvalue weighted by Crippen LogP contribution is -2.41. The van der Waals surface area contributed by atoms with Crippen molar-refractivity contribution in [3.05, 3.63) is 59.4 Å². The van der Waals surface area contributed by atoms with Crippen LogP contribution in [0.1, 0.15) is 41.9 Å². The van der Waals surface area contributed by atoms with Crippen molar-refractivity contribution < 1.29 is 9.53 Å². The van der Waals surface area contributed by atoms with Crippen LogP contribution < -0.4 is 15.8 Å². The summed E-state index contributed by atoms with van der Waals surface area (Å²) in [6.07, 6.45) is 2.56. The second-order valence-electron chi connectivity index (χ2n) is 6.66. The summed E-state index contributed by atoms with van der Waals surface area (Å²) in [5.41, 5.74) is 8.25. The summed E-state index contributed by atoms with van der Waals surface area (Å²) in [4.78, 5) is 16.6. The van der Waals surface area contributed by atoms with Crippen molar-refractivity contribution in [2.75, 3.05) is 6.54 Å². The Morgan fingerprint density at radius 3 is 2.72 bits per heavy atom. The molecule has 0 aliphatic heterocycles. The molecule has 1 amide bonds. The fourth-order valence-corrected chi connectivity index (χ4v) is 2.56. The molecule has 1 heterocycles. The summed E-state index contributed by atoms with van der Waals surface area (Å²) in [6.45, 7) is 6.99. The molecule has 2 aromatic rings. The zero-order valence-electron chi connectivity index (χ0n) is 15.2. The van der Waals surface area contributed by atoms with Gasteiger partial charge in [0.25, 0.3) is 5.91 Å². The molecular formula is C20H27N3O2. The molecule has 0 aliphatic rings. The summed E-state index contributed by atoms with van der Waals surface area (Å²) in [5, 5.41) is 3.01. The van der Waals surface area contributed by atoms with Crippen LogP contribution in [0.15, 0.2) is 42.6 Å². The van der Waals surface area contributed by atoms with Gasteiger partial charge in [0.05, 0.1) is 6.20 Å². The number of hydrogen-bond acceptors (Lipinski definition) is 4. The van der Waals surface area contributed by atoms with Crippen LogP contribution in [0, 0.1) is 12.8 Å². The SMILES string of the molecule is Cc1ccc(OCc2cccc(C(=O)NC(CN)CC(C)C)c2)cn1. The number of aromatic nitrogens is 1. The fourth-order valence-electron chi connectivity index (χ4n) is 2.56. The Kier molecular flexibility index (Phi) is 6.95. The molecule has 1 atom stereocenters. The Balaban J connectivity index is 1.97. The number of nitrogens with two attached hydrogens (primary N) is 1. The molecule has 134 valence electrons. The van der Waals surface area contributed by atoms with Crippen LogP contribution in [-0.4, -0.2) is 23.5 Å². The molecule has 1 aromatic carbocycles. The average molecular weight is 341 g/mol. The minimum Gasteiger partial charge on any atom is -0.487 e. The van der Waals surface area contributed by atoms with E-state index in [0.717, 1.165) is 17.7 Å². The number of rotatable bonds is 8. The van der Waals surface area contributed by atoms with Crippen LogP contribution in [-0.2, 0) is 6.61 Å². The highest BCUT2D eigenvalue weighted by Gasteiger charge is 2.14. The lowest BCUT2D eigenvalue weighted by molar-refractivity contribution is 0.0933. The van der Waals surface area contributed by atoms with E-state index in [2.05, 4.69) is 24.1 Å². The van der Waals surface area contributed by atoms with Crippen molar-refractivity contribution in [1.82, 2.24) is 10.3 Å². The molecule has 0 radical (unpaired) electrons. The highest BCUT2D eigenvalue weighted by Crippen LogP contribution is 2.13. The number of hydrogen-bond donors (Lipinski definition) is 2. The molecule has 0 saturated carbocycles. The molecule has 5 heteroatoms. The smallest absolute Gasteiger partial charge is 0.251 e. The first-order valence-electron chi connectivity index (χ1n) is 8.63. The van der Waals surface area contributed by atoms with Gasteiger partial charge in [0.2, 0.25) is 0 Å². The standard InChI is InChI=1S/C20H27N3O2/c1-14(2)9-18(11-21)23-20(24)17-6-4-5-16(10-17)13-25-19-8-7-15(3)22-12-19/h4-8,10,12,14,18H,9,11,13,21H2,1-3H3,(H,23,24). The molecule has 0 bridgehead atoms. The zero-order valence-corrected chi connectivity index (χ0v) is 15.2. The number of carbonyl (C=O) groups excluding carboxylic acids is 1. The quantitative estimate of drug-likeness (QED) is 0.773. The molecule has 1 unspecified atom stereocenters. The number of ether oxygens (including phenoxy) is 1. The van der Waals surface area contributed by atoms with Gasteiger partial charge in [-0.2, -0.15) is 0 Å². The Morgan fingerprint density at radius 1 is 1.28 bits per heavy atom. The van der Waals surface area contributed by atoms with Gasteiger partial charge in [0, 0.05) is 23.8 Å². The maximum Gasteiger partial charge on any atom is 0.251 e. The van der Waals surface area contributed by atoms with Crippen LogP contribution >= 0.6 is 0 Å². The fraction of sp³-hybridized carbons (Fsp3) is 0.400. The number of aryl methyl sites for hydroxylation is 1. The lowest BCUT2D eigenvalue weighted by Gasteiger charge is -2.19. The molecule has 0 fully saturated rings. The third-order valence-corrected chi connectivity index (χ3v) is 3.85. The molecular weight excluding hydrogens is 314 g/mol. The van der Waals surface area contributed by atoms with E-state index in [0.29, 0.717) is 30.4 Å². The third kappa shape index (κ3) is 6.19. The highest BCUT2D eigenvalue weighted by atomic mass is 16.5. The number of carbonyl (C=O) groups is 1. The largest absolute Gasteiger partial charge is 0.487 e. The van der Waals surface area contributed by atoms with Crippen LogP contribution in [0.3, 0.4) is 0 Å². The summed E-state index contributed by atoms with van der Waals surface area (Å²) in [5.74, 6) is 1.09. The van der Waals surface area contributed by atoms with Crippen molar-refractivity contribution in [3.63, 3.8) is 0 Å². The maximum absolute atomic E-state index is 12.4. The van der Waals surface area contributed by atoms with E-state index in [9.17, 15) is 4.79 Å². The van der Waals surface area contributed by atoms with Gasteiger partial charge < -0.3 is 15.8 Å². The number of benzene rings is 1. The predicted octanol–water partition coefficient (Wildman–Crippen LogP) is 3.07. The van der Waals surface area contributed by atoms with Crippen molar-refractivity contribution in [3.8, 4) is 5.75 Å². The monoisotopic (exact) mass is 341 g/mol. The van der Waals surface area contributed by atoms with Gasteiger partial charge in [-0.1, -0.05) is 26.0 Å². The van der Waals surface area contributed by atoms with Gasteiger partial charge >= 0.3 is 0 Å². The van der Waals surface area contributed by atoms with E-state index in [4.69, 9.17) is 10.5 Å². The zero-order chi connectivity index (χ0) is 18.2. The van der Waals surface area contributed by atoms with E-state index < -0.39 is 0 Å². The highest BCUT2D eigenvalue weighted by molar-refractivity contribution is 5.94. The van der Waals surface area contributed by atoms with Crippen LogP contribution in [0.2, 0.25) is 0 Å². The van der Waals surface area contributed by atoms with Crippen molar-refractivity contribution in [1.29, 1.82) is 0 Å². The minimum atomic E-state index is -0.102. The molecule has 5 nitrogen and oxygen atoms in total. The normalized spacial score (nSPS) is 12.0. The summed E-state index contributed by atoms with van der Waals surface area (Å²) < 4.78 is 5.72. The van der Waals surface area contributed by atoms with Crippen molar-refractivity contribution in [2.45, 2.75) is 39.8 Å². The molecule has 0 spiro atoms. The van der Waals surface area contributed by atoms with Gasteiger partial charge in [0.15, 0.2) is 0 Å². The van der Waals surface area contributed by atoms with Gasteiger partial charge in [-0.05, 0) is 49.1 Å². The Morgan fingerprint density at radius 2 is 2.08 bits per heavy atom. The third-order valence-electron chi connectivity index (χ3n) is 3.85. The predicted molar refractivity (Wildman–Crippen MR) is 99.5 cm³/mol. The van der Waals surface area contributed by atoms with Crippen molar-refractivity contribution in [2.24, 2.45) is 11.7 Å².